The Labute approximate surface area is 120 Å². The smallest absolute Gasteiger partial charge is 0.220 e. The fourth-order valence-corrected chi connectivity index (χ4v) is 2.05. The molecule has 2 N–H and O–H groups in total. The number of rotatable bonds is 9. The molecule has 0 aromatic heterocycles. The van der Waals surface area contributed by atoms with Crippen LogP contribution in [-0.4, -0.2) is 25.1 Å². The van der Waals surface area contributed by atoms with Gasteiger partial charge in [-0.3, -0.25) is 4.79 Å². The van der Waals surface area contributed by atoms with E-state index in [4.69, 9.17) is 4.74 Å². The average molecular weight is 276 g/mol. The van der Waals surface area contributed by atoms with Crippen molar-refractivity contribution in [1.82, 2.24) is 10.6 Å². The Morgan fingerprint density at radius 2 is 2.25 bits per heavy atom. The Hall–Kier alpha value is -1.55. The molecule has 1 saturated carbocycles. The standard InChI is InChI=1S/C16H24N2O2/c1-2-20-15-6-3-5-13(11-15)12-17-10-4-7-16(19)18-14-8-9-14/h3,5-6,11,14,17H,2,4,7-10,12H2,1H3,(H,18,19). The van der Waals surface area contributed by atoms with Crippen LogP contribution in [0.1, 0.15) is 38.2 Å². The maximum atomic E-state index is 11.5. The Morgan fingerprint density at radius 1 is 1.40 bits per heavy atom. The van der Waals surface area contributed by atoms with E-state index >= 15 is 0 Å². The van der Waals surface area contributed by atoms with Crippen molar-refractivity contribution in [2.45, 2.75) is 45.2 Å². The van der Waals surface area contributed by atoms with E-state index in [9.17, 15) is 4.79 Å². The molecule has 0 atom stereocenters. The number of amides is 1. The van der Waals surface area contributed by atoms with E-state index in [1.807, 2.05) is 19.1 Å². The van der Waals surface area contributed by atoms with Crippen LogP contribution in [-0.2, 0) is 11.3 Å². The highest BCUT2D eigenvalue weighted by Gasteiger charge is 2.22. The fraction of sp³-hybridized carbons (Fsp3) is 0.562. The zero-order valence-electron chi connectivity index (χ0n) is 12.2. The third-order valence-electron chi connectivity index (χ3n) is 3.24. The quantitative estimate of drug-likeness (QED) is 0.680. The van der Waals surface area contributed by atoms with Crippen LogP contribution in [0.5, 0.6) is 5.75 Å². The van der Waals surface area contributed by atoms with Gasteiger partial charge in [-0.05, 0) is 50.4 Å². The van der Waals surface area contributed by atoms with Gasteiger partial charge in [-0.25, -0.2) is 0 Å². The molecule has 1 aromatic carbocycles. The van der Waals surface area contributed by atoms with E-state index in [0.29, 0.717) is 19.1 Å². The van der Waals surface area contributed by atoms with Gasteiger partial charge in [0.05, 0.1) is 6.61 Å². The molecule has 110 valence electrons. The molecule has 1 fully saturated rings. The average Bonchev–Trinajstić information content (AvgIpc) is 3.23. The van der Waals surface area contributed by atoms with Crippen molar-refractivity contribution < 1.29 is 9.53 Å². The van der Waals surface area contributed by atoms with Crippen molar-refractivity contribution in [2.24, 2.45) is 0 Å². The minimum absolute atomic E-state index is 0.188. The zero-order chi connectivity index (χ0) is 14.2. The van der Waals surface area contributed by atoms with Gasteiger partial charge in [0.2, 0.25) is 5.91 Å². The summed E-state index contributed by atoms with van der Waals surface area (Å²) in [5, 5.41) is 6.36. The number of hydrogen-bond donors (Lipinski definition) is 2. The van der Waals surface area contributed by atoms with Crippen LogP contribution in [0.4, 0.5) is 0 Å². The van der Waals surface area contributed by atoms with E-state index in [2.05, 4.69) is 22.8 Å². The zero-order valence-corrected chi connectivity index (χ0v) is 12.2. The predicted octanol–water partition coefficient (Wildman–Crippen LogP) is 2.23. The summed E-state index contributed by atoms with van der Waals surface area (Å²) in [6, 6.07) is 8.57. The monoisotopic (exact) mass is 276 g/mol. The molecule has 2 rings (SSSR count). The van der Waals surface area contributed by atoms with Gasteiger partial charge in [0.15, 0.2) is 0 Å². The Morgan fingerprint density at radius 3 is 3.00 bits per heavy atom. The largest absolute Gasteiger partial charge is 0.494 e. The van der Waals surface area contributed by atoms with Crippen LogP contribution in [0.15, 0.2) is 24.3 Å². The molecule has 0 radical (unpaired) electrons. The summed E-state index contributed by atoms with van der Waals surface area (Å²) >= 11 is 0. The molecule has 0 saturated heterocycles. The van der Waals surface area contributed by atoms with Crippen LogP contribution >= 0.6 is 0 Å². The highest BCUT2D eigenvalue weighted by Crippen LogP contribution is 2.18. The van der Waals surface area contributed by atoms with Gasteiger partial charge < -0.3 is 15.4 Å². The summed E-state index contributed by atoms with van der Waals surface area (Å²) < 4.78 is 5.47. The van der Waals surface area contributed by atoms with Crippen molar-refractivity contribution in [3.8, 4) is 5.75 Å². The normalized spacial score (nSPS) is 14.1. The van der Waals surface area contributed by atoms with Crippen LogP contribution in [0.25, 0.3) is 0 Å². The van der Waals surface area contributed by atoms with Crippen LogP contribution < -0.4 is 15.4 Å². The van der Waals surface area contributed by atoms with Gasteiger partial charge in [-0.15, -0.1) is 0 Å². The molecule has 1 aliphatic rings. The molecule has 1 aliphatic carbocycles. The number of carbonyl (C=O) groups excluding carboxylic acids is 1. The molecular formula is C16H24N2O2. The third-order valence-corrected chi connectivity index (χ3v) is 3.24. The number of ether oxygens (including phenoxy) is 1. The lowest BCUT2D eigenvalue weighted by Gasteiger charge is -2.08. The van der Waals surface area contributed by atoms with E-state index in [0.717, 1.165) is 38.1 Å². The van der Waals surface area contributed by atoms with Crippen LogP contribution in [0.3, 0.4) is 0 Å². The van der Waals surface area contributed by atoms with E-state index in [1.54, 1.807) is 0 Å². The Bertz CT molecular complexity index is 430. The topological polar surface area (TPSA) is 50.4 Å². The first-order chi connectivity index (χ1) is 9.78. The van der Waals surface area contributed by atoms with E-state index < -0.39 is 0 Å². The summed E-state index contributed by atoms with van der Waals surface area (Å²) in [7, 11) is 0. The maximum absolute atomic E-state index is 11.5. The highest BCUT2D eigenvalue weighted by molar-refractivity contribution is 5.76. The van der Waals surface area contributed by atoms with E-state index in [1.165, 1.54) is 5.56 Å². The molecule has 0 heterocycles. The molecule has 1 amide bonds. The number of nitrogens with one attached hydrogen (secondary N) is 2. The lowest BCUT2D eigenvalue weighted by atomic mass is 10.2. The molecule has 1 aromatic rings. The summed E-state index contributed by atoms with van der Waals surface area (Å²) in [5.41, 5.74) is 1.21. The molecule has 20 heavy (non-hydrogen) atoms. The number of benzene rings is 1. The lowest BCUT2D eigenvalue weighted by Crippen LogP contribution is -2.26. The second-order valence-electron chi connectivity index (χ2n) is 5.20. The van der Waals surface area contributed by atoms with Crippen LogP contribution in [0, 0.1) is 0 Å². The van der Waals surface area contributed by atoms with Crippen LogP contribution in [0.2, 0.25) is 0 Å². The van der Waals surface area contributed by atoms with Crippen molar-refractivity contribution in [3.05, 3.63) is 29.8 Å². The third kappa shape index (κ3) is 5.61. The van der Waals surface area contributed by atoms with Gasteiger partial charge >= 0.3 is 0 Å². The van der Waals surface area contributed by atoms with Crippen molar-refractivity contribution in [2.75, 3.05) is 13.2 Å². The summed E-state index contributed by atoms with van der Waals surface area (Å²) in [6.07, 6.45) is 3.80. The molecule has 0 bridgehead atoms. The first-order valence-electron chi connectivity index (χ1n) is 7.49. The van der Waals surface area contributed by atoms with Crippen molar-refractivity contribution >= 4 is 5.91 Å². The van der Waals surface area contributed by atoms with E-state index in [-0.39, 0.29) is 5.91 Å². The second kappa shape index (κ2) is 7.90. The van der Waals surface area contributed by atoms with Crippen molar-refractivity contribution in [1.29, 1.82) is 0 Å². The molecule has 0 unspecified atom stereocenters. The van der Waals surface area contributed by atoms with Gasteiger partial charge in [0.1, 0.15) is 5.75 Å². The lowest BCUT2D eigenvalue weighted by molar-refractivity contribution is -0.121. The molecular weight excluding hydrogens is 252 g/mol. The SMILES string of the molecule is CCOc1cccc(CNCCCC(=O)NC2CC2)c1. The Balaban J connectivity index is 1.57. The number of hydrogen-bond acceptors (Lipinski definition) is 3. The first kappa shape index (κ1) is 14.9. The molecule has 4 nitrogen and oxygen atoms in total. The number of carbonyl (C=O) groups is 1. The predicted molar refractivity (Wildman–Crippen MR) is 79.7 cm³/mol. The maximum Gasteiger partial charge on any atom is 0.220 e. The summed E-state index contributed by atoms with van der Waals surface area (Å²) in [6.45, 7) is 4.34. The van der Waals surface area contributed by atoms with Crippen molar-refractivity contribution in [3.63, 3.8) is 0 Å². The van der Waals surface area contributed by atoms with Gasteiger partial charge in [-0.1, -0.05) is 12.1 Å². The molecule has 0 aliphatic heterocycles. The molecule has 4 heteroatoms. The highest BCUT2D eigenvalue weighted by atomic mass is 16.5. The molecule has 0 spiro atoms. The summed E-state index contributed by atoms with van der Waals surface area (Å²) in [5.74, 6) is 1.10. The second-order valence-corrected chi connectivity index (χ2v) is 5.20. The first-order valence-corrected chi connectivity index (χ1v) is 7.49. The van der Waals surface area contributed by atoms with Gasteiger partial charge in [-0.2, -0.15) is 0 Å². The van der Waals surface area contributed by atoms with Gasteiger partial charge in [0.25, 0.3) is 0 Å². The minimum Gasteiger partial charge on any atom is -0.494 e. The summed E-state index contributed by atoms with van der Waals surface area (Å²) in [4.78, 5) is 11.5. The minimum atomic E-state index is 0.188. The Kier molecular flexibility index (Phi) is 5.87. The fourth-order valence-electron chi connectivity index (χ4n) is 2.05. The van der Waals surface area contributed by atoms with Gasteiger partial charge in [0, 0.05) is 19.0 Å².